The second kappa shape index (κ2) is 10.2. The van der Waals surface area contributed by atoms with Gasteiger partial charge in [0.05, 0.1) is 38.1 Å². The van der Waals surface area contributed by atoms with Crippen LogP contribution in [-0.4, -0.2) is 40.5 Å². The largest absolute Gasteiger partial charge is 0.507 e. The second-order valence-electron chi connectivity index (χ2n) is 8.78. The first-order chi connectivity index (χ1) is 17.3. The van der Waals surface area contributed by atoms with Crippen LogP contribution in [0.4, 0.5) is 0 Å². The van der Waals surface area contributed by atoms with Crippen LogP contribution >= 0.6 is 0 Å². The molecule has 1 fully saturated rings. The molecular formula is C28H29NO7. The van der Waals surface area contributed by atoms with E-state index in [1.54, 1.807) is 42.5 Å². The minimum Gasteiger partial charge on any atom is -0.507 e. The molecule has 0 spiro atoms. The molecule has 1 aliphatic rings. The Hall–Kier alpha value is -4.20. The fourth-order valence-electron chi connectivity index (χ4n) is 4.43. The van der Waals surface area contributed by atoms with E-state index in [1.165, 1.54) is 24.3 Å². The molecule has 36 heavy (non-hydrogen) atoms. The predicted octanol–water partition coefficient (Wildman–Crippen LogP) is 5.14. The predicted molar refractivity (Wildman–Crippen MR) is 133 cm³/mol. The van der Waals surface area contributed by atoms with E-state index in [-0.39, 0.29) is 35.3 Å². The highest BCUT2D eigenvalue weighted by Crippen LogP contribution is 2.43. The summed E-state index contributed by atoms with van der Waals surface area (Å²) < 4.78 is 16.3. The molecule has 2 heterocycles. The van der Waals surface area contributed by atoms with Crippen molar-refractivity contribution >= 4 is 17.4 Å². The summed E-state index contributed by atoms with van der Waals surface area (Å²) in [5.74, 6) is -0.545. The van der Waals surface area contributed by atoms with Crippen LogP contribution in [0.5, 0.6) is 17.2 Å². The van der Waals surface area contributed by atoms with Gasteiger partial charge in [-0.2, -0.15) is 0 Å². The second-order valence-corrected chi connectivity index (χ2v) is 8.78. The van der Waals surface area contributed by atoms with Crippen molar-refractivity contribution in [2.75, 3.05) is 13.7 Å². The molecule has 8 heteroatoms. The highest BCUT2D eigenvalue weighted by atomic mass is 16.5. The summed E-state index contributed by atoms with van der Waals surface area (Å²) in [6.45, 7) is 6.40. The Morgan fingerprint density at radius 3 is 2.47 bits per heavy atom. The zero-order valence-corrected chi connectivity index (χ0v) is 20.6. The van der Waals surface area contributed by atoms with Crippen molar-refractivity contribution in [3.63, 3.8) is 0 Å². The van der Waals surface area contributed by atoms with E-state index in [1.807, 2.05) is 20.8 Å². The van der Waals surface area contributed by atoms with Crippen LogP contribution < -0.4 is 9.47 Å². The van der Waals surface area contributed by atoms with Gasteiger partial charge in [0.1, 0.15) is 17.3 Å². The van der Waals surface area contributed by atoms with Gasteiger partial charge in [-0.1, -0.05) is 19.9 Å². The van der Waals surface area contributed by atoms with Crippen LogP contribution in [0, 0.1) is 0 Å². The number of phenols is 1. The van der Waals surface area contributed by atoms with Crippen molar-refractivity contribution < 1.29 is 33.7 Å². The topological polar surface area (TPSA) is 109 Å². The molecule has 0 bridgehead atoms. The molecular weight excluding hydrogens is 462 g/mol. The third kappa shape index (κ3) is 4.54. The van der Waals surface area contributed by atoms with Crippen LogP contribution in [0.3, 0.4) is 0 Å². The average Bonchev–Trinajstić information content (AvgIpc) is 3.46. The zero-order valence-electron chi connectivity index (χ0n) is 20.6. The van der Waals surface area contributed by atoms with Gasteiger partial charge in [0.2, 0.25) is 0 Å². The highest BCUT2D eigenvalue weighted by Gasteiger charge is 2.46. The number of rotatable bonds is 8. The number of hydrogen-bond acceptors (Lipinski definition) is 7. The molecule has 1 atom stereocenters. The van der Waals surface area contributed by atoms with Crippen molar-refractivity contribution in [3.05, 3.63) is 82.8 Å². The van der Waals surface area contributed by atoms with E-state index in [0.29, 0.717) is 29.2 Å². The first-order valence-corrected chi connectivity index (χ1v) is 11.7. The first-order valence-electron chi connectivity index (χ1n) is 11.7. The Morgan fingerprint density at radius 2 is 1.86 bits per heavy atom. The summed E-state index contributed by atoms with van der Waals surface area (Å²) in [5.41, 5.74) is 1.62. The summed E-state index contributed by atoms with van der Waals surface area (Å²) in [7, 11) is 1.43. The van der Waals surface area contributed by atoms with Gasteiger partial charge < -0.3 is 29.0 Å². The van der Waals surface area contributed by atoms with Crippen LogP contribution in [0.15, 0.2) is 64.8 Å². The number of likely N-dealkylation sites (tertiary alicyclic amines) is 1. The number of aliphatic hydroxyl groups is 1. The summed E-state index contributed by atoms with van der Waals surface area (Å²) in [4.78, 5) is 27.8. The van der Waals surface area contributed by atoms with Crippen LogP contribution in [0.2, 0.25) is 0 Å². The van der Waals surface area contributed by atoms with Crippen molar-refractivity contribution in [1.82, 2.24) is 4.90 Å². The minimum absolute atomic E-state index is 0.00628. The number of aromatic hydroxyl groups is 1. The molecule has 1 unspecified atom stereocenters. The molecule has 8 nitrogen and oxygen atoms in total. The van der Waals surface area contributed by atoms with E-state index in [4.69, 9.17) is 13.9 Å². The quantitative estimate of drug-likeness (QED) is 0.255. The van der Waals surface area contributed by atoms with Crippen LogP contribution in [-0.2, 0) is 16.1 Å². The Bertz CT molecular complexity index is 1310. The number of ether oxygens (including phenoxy) is 2. The molecule has 2 aromatic carbocycles. The first kappa shape index (κ1) is 24.9. The number of nitrogens with zero attached hydrogens (tertiary/aromatic N) is 1. The summed E-state index contributed by atoms with van der Waals surface area (Å²) >= 11 is 0. The van der Waals surface area contributed by atoms with Gasteiger partial charge in [0, 0.05) is 5.56 Å². The molecule has 3 aromatic rings. The molecule has 4 rings (SSSR count). The number of ketones is 1. The van der Waals surface area contributed by atoms with Gasteiger partial charge in [-0.15, -0.1) is 0 Å². The SMILES string of the molecule is CCOc1ccc(/C(O)=C2/C(=O)C(=O)N(Cc3ccco3)C2c2ccc(OC)c(O)c2)cc1C(C)C. The fourth-order valence-corrected chi connectivity index (χ4v) is 4.43. The number of methoxy groups -OCH3 is 1. The van der Waals surface area contributed by atoms with Gasteiger partial charge >= 0.3 is 0 Å². The normalized spacial score (nSPS) is 17.1. The average molecular weight is 492 g/mol. The maximum absolute atomic E-state index is 13.3. The summed E-state index contributed by atoms with van der Waals surface area (Å²) in [6.07, 6.45) is 1.48. The molecule has 188 valence electrons. The Morgan fingerprint density at radius 1 is 1.11 bits per heavy atom. The number of hydrogen-bond donors (Lipinski definition) is 2. The number of furan rings is 1. The maximum Gasteiger partial charge on any atom is 0.296 e. The molecule has 0 radical (unpaired) electrons. The molecule has 1 saturated heterocycles. The lowest BCUT2D eigenvalue weighted by Gasteiger charge is -2.25. The number of carbonyl (C=O) groups excluding carboxylic acids is 2. The van der Waals surface area contributed by atoms with Crippen molar-refractivity contribution in [3.8, 4) is 17.2 Å². The Labute approximate surface area is 209 Å². The third-order valence-corrected chi connectivity index (χ3v) is 6.17. The van der Waals surface area contributed by atoms with Gasteiger partial charge in [-0.05, 0) is 66.4 Å². The monoisotopic (exact) mass is 491 g/mol. The lowest BCUT2D eigenvalue weighted by Crippen LogP contribution is -2.29. The number of benzene rings is 2. The van der Waals surface area contributed by atoms with Gasteiger partial charge in [-0.25, -0.2) is 0 Å². The van der Waals surface area contributed by atoms with Crippen LogP contribution in [0.25, 0.3) is 5.76 Å². The molecule has 0 saturated carbocycles. The van der Waals surface area contributed by atoms with Crippen LogP contribution in [0.1, 0.15) is 55.2 Å². The zero-order chi connectivity index (χ0) is 26.0. The van der Waals surface area contributed by atoms with Crippen molar-refractivity contribution in [1.29, 1.82) is 0 Å². The van der Waals surface area contributed by atoms with E-state index in [0.717, 1.165) is 5.56 Å². The standard InChI is InChI=1S/C28H29NO7/c1-5-35-22-10-9-18(13-20(22)16(2)3)26(31)24-25(17-8-11-23(34-4)21(30)14-17)29(28(33)27(24)32)15-19-7-6-12-36-19/h6-14,16,25,30-31H,5,15H2,1-4H3/b26-24-. The summed E-state index contributed by atoms with van der Waals surface area (Å²) in [6, 6.07) is 12.2. The van der Waals surface area contributed by atoms with Crippen molar-refractivity contribution in [2.45, 2.75) is 39.3 Å². The Kier molecular flexibility index (Phi) is 7.05. The molecule has 1 aliphatic heterocycles. The highest BCUT2D eigenvalue weighted by molar-refractivity contribution is 6.46. The lowest BCUT2D eigenvalue weighted by molar-refractivity contribution is -0.140. The van der Waals surface area contributed by atoms with Gasteiger partial charge in [0.15, 0.2) is 11.5 Å². The number of phenolic OH excluding ortho intramolecular Hbond substituents is 1. The third-order valence-electron chi connectivity index (χ3n) is 6.17. The lowest BCUT2D eigenvalue weighted by atomic mass is 9.93. The minimum atomic E-state index is -0.957. The maximum atomic E-state index is 13.3. The van der Waals surface area contributed by atoms with E-state index in [2.05, 4.69) is 0 Å². The van der Waals surface area contributed by atoms with Gasteiger partial charge in [0.25, 0.3) is 11.7 Å². The van der Waals surface area contributed by atoms with E-state index < -0.39 is 17.7 Å². The van der Waals surface area contributed by atoms with Gasteiger partial charge in [-0.3, -0.25) is 9.59 Å². The number of Topliss-reactive ketones (excluding diaryl/α,β-unsaturated/α-hetero) is 1. The molecule has 1 aromatic heterocycles. The fraction of sp³-hybridized carbons (Fsp3) is 0.286. The smallest absolute Gasteiger partial charge is 0.296 e. The molecule has 2 N–H and O–H groups in total. The van der Waals surface area contributed by atoms with Crippen molar-refractivity contribution in [2.24, 2.45) is 0 Å². The molecule has 0 aliphatic carbocycles. The molecule has 1 amide bonds. The number of aliphatic hydroxyl groups excluding tert-OH is 1. The number of amides is 1. The number of carbonyl (C=O) groups is 2. The summed E-state index contributed by atoms with van der Waals surface area (Å²) in [5, 5.41) is 21.8. The Balaban J connectivity index is 1.89. The van der Waals surface area contributed by atoms with E-state index >= 15 is 0 Å². The van der Waals surface area contributed by atoms with E-state index in [9.17, 15) is 19.8 Å².